The lowest BCUT2D eigenvalue weighted by molar-refractivity contribution is -0.141. The van der Waals surface area contributed by atoms with Crippen molar-refractivity contribution in [3.8, 4) is 0 Å². The Labute approximate surface area is 118 Å². The zero-order valence-electron chi connectivity index (χ0n) is 11.5. The number of nitrogens with one attached hydrogen (secondary N) is 1. The van der Waals surface area contributed by atoms with Gasteiger partial charge in [0.25, 0.3) is 0 Å². The maximum Gasteiger partial charge on any atom is 0.326 e. The number of rotatable bonds is 7. The summed E-state index contributed by atoms with van der Waals surface area (Å²) in [5, 5.41) is 11.5. The third-order valence-electron chi connectivity index (χ3n) is 2.80. The van der Waals surface area contributed by atoms with Crippen LogP contribution < -0.4 is 11.1 Å². The minimum Gasteiger partial charge on any atom is -0.480 e. The van der Waals surface area contributed by atoms with Gasteiger partial charge in [0.2, 0.25) is 5.91 Å². The Hall–Kier alpha value is -2.30. The highest BCUT2D eigenvalue weighted by atomic mass is 16.4. The number of amides is 1. The Kier molecular flexibility index (Phi) is 6.29. The van der Waals surface area contributed by atoms with Crippen molar-refractivity contribution >= 4 is 23.6 Å². The first-order valence-electron chi connectivity index (χ1n) is 6.60. The zero-order chi connectivity index (χ0) is 15.0. The van der Waals surface area contributed by atoms with Crippen LogP contribution in [0.4, 0.5) is 5.69 Å². The van der Waals surface area contributed by atoms with Crippen LogP contribution >= 0.6 is 0 Å². The van der Waals surface area contributed by atoms with Crippen LogP contribution in [0.25, 0.3) is 6.08 Å². The maximum atomic E-state index is 11.7. The van der Waals surface area contributed by atoms with Crippen LogP contribution in [0.3, 0.4) is 0 Å². The third kappa shape index (κ3) is 5.56. The number of nitrogens with two attached hydrogens (primary N) is 1. The molecule has 5 nitrogen and oxygen atoms in total. The summed E-state index contributed by atoms with van der Waals surface area (Å²) in [6, 6.07) is 6.24. The third-order valence-corrected chi connectivity index (χ3v) is 2.80. The number of carboxylic acids is 1. The average molecular weight is 276 g/mol. The summed E-state index contributed by atoms with van der Waals surface area (Å²) < 4.78 is 0. The molecule has 0 fully saturated rings. The maximum absolute atomic E-state index is 11.7. The number of nitrogen functional groups attached to an aromatic ring is 1. The van der Waals surface area contributed by atoms with Gasteiger partial charge in [0.05, 0.1) is 0 Å². The van der Waals surface area contributed by atoms with E-state index >= 15 is 0 Å². The van der Waals surface area contributed by atoms with Crippen LogP contribution in [0.1, 0.15) is 31.7 Å². The lowest BCUT2D eigenvalue weighted by atomic mass is 10.1. The molecule has 108 valence electrons. The van der Waals surface area contributed by atoms with Crippen molar-refractivity contribution in [2.75, 3.05) is 5.73 Å². The van der Waals surface area contributed by atoms with Crippen molar-refractivity contribution in [2.45, 2.75) is 32.2 Å². The average Bonchev–Trinajstić information content (AvgIpc) is 2.41. The van der Waals surface area contributed by atoms with Crippen LogP contribution in [0, 0.1) is 0 Å². The quantitative estimate of drug-likeness (QED) is 0.525. The van der Waals surface area contributed by atoms with Gasteiger partial charge in [0.1, 0.15) is 6.04 Å². The van der Waals surface area contributed by atoms with E-state index in [1.54, 1.807) is 24.3 Å². The predicted octanol–water partition coefficient (Wildman–Crippen LogP) is 2.04. The van der Waals surface area contributed by atoms with Gasteiger partial charge in [-0.3, -0.25) is 4.79 Å². The molecule has 0 unspecified atom stereocenters. The monoisotopic (exact) mass is 276 g/mol. The van der Waals surface area contributed by atoms with Gasteiger partial charge >= 0.3 is 5.97 Å². The van der Waals surface area contributed by atoms with E-state index < -0.39 is 17.9 Å². The van der Waals surface area contributed by atoms with E-state index in [1.165, 1.54) is 6.08 Å². The lowest BCUT2D eigenvalue weighted by Crippen LogP contribution is -2.39. The van der Waals surface area contributed by atoms with E-state index in [1.807, 2.05) is 13.0 Å². The highest BCUT2D eigenvalue weighted by Crippen LogP contribution is 2.08. The van der Waals surface area contributed by atoms with Crippen molar-refractivity contribution in [1.29, 1.82) is 0 Å². The normalized spacial score (nSPS) is 12.2. The van der Waals surface area contributed by atoms with Crippen molar-refractivity contribution in [2.24, 2.45) is 0 Å². The second-order valence-electron chi connectivity index (χ2n) is 4.55. The van der Waals surface area contributed by atoms with Crippen LogP contribution in [-0.4, -0.2) is 23.0 Å². The van der Waals surface area contributed by atoms with Crippen LogP contribution in [0.5, 0.6) is 0 Å². The number of hydrogen-bond acceptors (Lipinski definition) is 3. The van der Waals surface area contributed by atoms with E-state index in [2.05, 4.69) is 5.32 Å². The number of anilines is 1. The van der Waals surface area contributed by atoms with Crippen LogP contribution in [-0.2, 0) is 9.59 Å². The fourth-order valence-electron chi connectivity index (χ4n) is 1.72. The van der Waals surface area contributed by atoms with Crippen molar-refractivity contribution in [3.63, 3.8) is 0 Å². The Morgan fingerprint density at radius 2 is 2.20 bits per heavy atom. The Morgan fingerprint density at radius 3 is 2.80 bits per heavy atom. The second-order valence-corrected chi connectivity index (χ2v) is 4.55. The molecule has 0 spiro atoms. The second kappa shape index (κ2) is 7.99. The molecule has 0 aromatic heterocycles. The highest BCUT2D eigenvalue weighted by Gasteiger charge is 2.17. The summed E-state index contributed by atoms with van der Waals surface area (Å²) in [7, 11) is 0. The van der Waals surface area contributed by atoms with E-state index in [0.29, 0.717) is 12.1 Å². The molecule has 0 aliphatic rings. The number of carboxylic acid groups (broad SMARTS) is 1. The molecule has 0 heterocycles. The van der Waals surface area contributed by atoms with Gasteiger partial charge in [-0.2, -0.15) is 0 Å². The van der Waals surface area contributed by atoms with Gasteiger partial charge in [-0.05, 0) is 30.2 Å². The van der Waals surface area contributed by atoms with Gasteiger partial charge in [-0.15, -0.1) is 0 Å². The summed E-state index contributed by atoms with van der Waals surface area (Å²) in [4.78, 5) is 22.7. The number of unbranched alkanes of at least 4 members (excludes halogenated alkanes) is 1. The summed E-state index contributed by atoms with van der Waals surface area (Å²) >= 11 is 0. The van der Waals surface area contributed by atoms with E-state index in [9.17, 15) is 9.59 Å². The number of carbonyl (C=O) groups is 2. The first-order valence-corrected chi connectivity index (χ1v) is 6.60. The number of carbonyl (C=O) groups excluding carboxylic acids is 1. The van der Waals surface area contributed by atoms with Gasteiger partial charge in [-0.25, -0.2) is 4.79 Å². The largest absolute Gasteiger partial charge is 0.480 e. The molecule has 1 aromatic rings. The first-order chi connectivity index (χ1) is 9.52. The fraction of sp³-hybridized carbons (Fsp3) is 0.333. The van der Waals surface area contributed by atoms with E-state index in [0.717, 1.165) is 18.4 Å². The molecule has 0 aliphatic heterocycles. The standard InChI is InChI=1S/C15H20N2O3/c1-2-3-7-13(15(19)20)17-14(18)9-8-11-5-4-6-12(16)10-11/h4-6,8-10,13H,2-3,7,16H2,1H3,(H,17,18)(H,19,20)/b9-8+/t13-/m0/s1. The topological polar surface area (TPSA) is 92.4 Å². The van der Waals surface area contributed by atoms with E-state index in [4.69, 9.17) is 10.8 Å². The summed E-state index contributed by atoms with van der Waals surface area (Å²) in [5.74, 6) is -1.43. The molecule has 0 saturated carbocycles. The van der Waals surface area contributed by atoms with E-state index in [-0.39, 0.29) is 0 Å². The molecule has 0 bridgehead atoms. The molecule has 4 N–H and O–H groups in total. The molecule has 5 heteroatoms. The molecule has 1 amide bonds. The Balaban J connectivity index is 2.59. The Morgan fingerprint density at radius 1 is 1.45 bits per heavy atom. The zero-order valence-corrected chi connectivity index (χ0v) is 11.5. The van der Waals surface area contributed by atoms with Crippen molar-refractivity contribution in [3.05, 3.63) is 35.9 Å². The smallest absolute Gasteiger partial charge is 0.326 e. The highest BCUT2D eigenvalue weighted by molar-refractivity contribution is 5.94. The molecule has 0 aliphatic carbocycles. The minimum absolute atomic E-state index is 0.420. The van der Waals surface area contributed by atoms with Gasteiger partial charge < -0.3 is 16.2 Å². The molecular formula is C15H20N2O3. The van der Waals surface area contributed by atoms with Crippen LogP contribution in [0.15, 0.2) is 30.3 Å². The molecule has 1 atom stereocenters. The van der Waals surface area contributed by atoms with Crippen molar-refractivity contribution < 1.29 is 14.7 Å². The van der Waals surface area contributed by atoms with Gasteiger partial charge in [-0.1, -0.05) is 31.9 Å². The summed E-state index contributed by atoms with van der Waals surface area (Å²) in [6.07, 6.45) is 5.00. The number of aliphatic carboxylic acids is 1. The number of hydrogen-bond donors (Lipinski definition) is 3. The molecule has 1 rings (SSSR count). The Bertz CT molecular complexity index is 498. The number of benzene rings is 1. The lowest BCUT2D eigenvalue weighted by Gasteiger charge is -2.12. The van der Waals surface area contributed by atoms with Crippen molar-refractivity contribution in [1.82, 2.24) is 5.32 Å². The summed E-state index contributed by atoms with van der Waals surface area (Å²) in [6.45, 7) is 1.97. The predicted molar refractivity (Wildman–Crippen MR) is 79.0 cm³/mol. The van der Waals surface area contributed by atoms with Gasteiger partial charge in [0, 0.05) is 11.8 Å². The first kappa shape index (κ1) is 15.8. The molecular weight excluding hydrogens is 256 g/mol. The van der Waals surface area contributed by atoms with Gasteiger partial charge in [0.15, 0.2) is 0 Å². The fourth-order valence-corrected chi connectivity index (χ4v) is 1.72. The summed E-state index contributed by atoms with van der Waals surface area (Å²) in [5.41, 5.74) is 7.03. The van der Waals surface area contributed by atoms with Crippen LogP contribution in [0.2, 0.25) is 0 Å². The molecule has 0 radical (unpaired) electrons. The molecule has 20 heavy (non-hydrogen) atoms. The molecule has 1 aromatic carbocycles. The molecule has 0 saturated heterocycles. The SMILES string of the molecule is CCCC[C@H](NC(=O)/C=C/c1cccc(N)c1)C(=O)O. The minimum atomic E-state index is -1.01.